The summed E-state index contributed by atoms with van der Waals surface area (Å²) in [4.78, 5) is 12.4. The molecule has 0 saturated heterocycles. The molecule has 0 fully saturated rings. The van der Waals surface area contributed by atoms with Gasteiger partial charge in [0, 0.05) is 37.0 Å². The summed E-state index contributed by atoms with van der Waals surface area (Å²) in [6.07, 6.45) is 1.65. The molecule has 1 amide bonds. The minimum absolute atomic E-state index is 0.217. The molecule has 0 atom stereocenters. The molecule has 4 rings (SSSR count). The van der Waals surface area contributed by atoms with Gasteiger partial charge in [-0.3, -0.25) is 4.79 Å². The Bertz CT molecular complexity index is 1250. The van der Waals surface area contributed by atoms with Crippen molar-refractivity contribution in [2.45, 2.75) is 13.8 Å². The number of aromatic nitrogens is 1. The zero-order valence-corrected chi connectivity index (χ0v) is 18.9. The number of hydrazone groups is 1. The Morgan fingerprint density at radius 2 is 1.86 bits per heavy atom. The third kappa shape index (κ3) is 4.06. The first-order valence-electron chi connectivity index (χ1n) is 8.90. The Kier molecular flexibility index (Phi) is 5.43. The van der Waals surface area contributed by atoms with Gasteiger partial charge in [-0.15, -0.1) is 0 Å². The van der Waals surface area contributed by atoms with Gasteiger partial charge in [-0.1, -0.05) is 37.9 Å². The molecule has 4 aromatic rings. The maximum absolute atomic E-state index is 12.4. The number of aryl methyl sites for hydroxylation is 1. The van der Waals surface area contributed by atoms with E-state index in [9.17, 15) is 4.79 Å². The summed E-state index contributed by atoms with van der Waals surface area (Å²) in [5.74, 6) is -0.177. The molecule has 0 aliphatic carbocycles. The summed E-state index contributed by atoms with van der Waals surface area (Å²) >= 11 is 6.92. The minimum atomic E-state index is -0.394. The number of amides is 1. The van der Waals surface area contributed by atoms with Crippen LogP contribution in [0.1, 0.15) is 27.5 Å². The van der Waals surface area contributed by atoms with E-state index in [1.54, 1.807) is 12.3 Å². The van der Waals surface area contributed by atoms with E-state index in [1.807, 2.05) is 56.3 Å². The van der Waals surface area contributed by atoms with E-state index in [1.165, 1.54) is 0 Å². The summed E-state index contributed by atoms with van der Waals surface area (Å²) in [5.41, 5.74) is 7.29. The van der Waals surface area contributed by atoms with Crippen LogP contribution < -0.4 is 5.43 Å². The minimum Gasteiger partial charge on any atom is -0.451 e. The fourth-order valence-electron chi connectivity index (χ4n) is 3.27. The number of hydrogen-bond acceptors (Lipinski definition) is 3. The maximum Gasteiger partial charge on any atom is 0.307 e. The molecule has 0 radical (unpaired) electrons. The number of halogens is 2. The van der Waals surface area contributed by atoms with Crippen LogP contribution in [0, 0.1) is 13.8 Å². The first-order chi connectivity index (χ1) is 13.9. The van der Waals surface area contributed by atoms with Crippen LogP contribution >= 0.6 is 31.9 Å². The van der Waals surface area contributed by atoms with Crippen molar-refractivity contribution in [2.24, 2.45) is 5.10 Å². The summed E-state index contributed by atoms with van der Waals surface area (Å²) in [5, 5.41) is 4.97. The number of benzene rings is 2. The first kappa shape index (κ1) is 19.7. The Hall–Kier alpha value is -2.64. The van der Waals surface area contributed by atoms with Gasteiger partial charge in [-0.25, -0.2) is 5.43 Å². The standard InChI is InChI=1S/C22H17Br2N3O2/c1-13-8-16(14(2)27(13)19-5-3-4-17(23)11-19)12-25-26-22(28)21-10-15-9-18(24)6-7-20(15)29-21/h3-12H,1-2H3,(H,26,28)/b25-12+. The van der Waals surface area contributed by atoms with Crippen molar-refractivity contribution >= 4 is 55.0 Å². The fourth-order valence-corrected chi connectivity index (χ4v) is 4.04. The third-order valence-corrected chi connectivity index (χ3v) is 5.60. The lowest BCUT2D eigenvalue weighted by Gasteiger charge is -2.09. The highest BCUT2D eigenvalue weighted by Crippen LogP contribution is 2.24. The van der Waals surface area contributed by atoms with Crippen LogP contribution in [0.5, 0.6) is 0 Å². The second-order valence-corrected chi connectivity index (χ2v) is 8.47. The number of fused-ring (bicyclic) bond motifs is 1. The van der Waals surface area contributed by atoms with Crippen LogP contribution in [-0.4, -0.2) is 16.7 Å². The molecular weight excluding hydrogens is 498 g/mol. The number of nitrogens with zero attached hydrogens (tertiary/aromatic N) is 2. The van der Waals surface area contributed by atoms with Gasteiger partial charge in [-0.2, -0.15) is 5.10 Å². The zero-order valence-electron chi connectivity index (χ0n) is 15.7. The molecule has 29 heavy (non-hydrogen) atoms. The second kappa shape index (κ2) is 8.00. The molecule has 1 N–H and O–H groups in total. The fraction of sp³-hybridized carbons (Fsp3) is 0.0909. The van der Waals surface area contributed by atoms with E-state index >= 15 is 0 Å². The molecule has 5 nitrogen and oxygen atoms in total. The highest BCUT2D eigenvalue weighted by molar-refractivity contribution is 9.10. The van der Waals surface area contributed by atoms with E-state index in [-0.39, 0.29) is 5.76 Å². The van der Waals surface area contributed by atoms with Crippen LogP contribution in [0.2, 0.25) is 0 Å². The monoisotopic (exact) mass is 513 g/mol. The average molecular weight is 515 g/mol. The van der Waals surface area contributed by atoms with Crippen molar-refractivity contribution in [3.8, 4) is 5.69 Å². The van der Waals surface area contributed by atoms with Gasteiger partial charge in [0.25, 0.3) is 0 Å². The largest absolute Gasteiger partial charge is 0.451 e. The van der Waals surface area contributed by atoms with Gasteiger partial charge in [-0.05, 0) is 62.4 Å². The summed E-state index contributed by atoms with van der Waals surface area (Å²) < 4.78 is 9.68. The molecule has 0 bridgehead atoms. The second-order valence-electron chi connectivity index (χ2n) is 6.63. The van der Waals surface area contributed by atoms with E-state index < -0.39 is 5.91 Å². The summed E-state index contributed by atoms with van der Waals surface area (Å²) in [7, 11) is 0. The highest BCUT2D eigenvalue weighted by atomic mass is 79.9. The van der Waals surface area contributed by atoms with E-state index in [0.717, 1.165) is 37.0 Å². The summed E-state index contributed by atoms with van der Waals surface area (Å²) in [6, 6.07) is 17.4. The number of rotatable bonds is 4. The molecule has 0 aliphatic heterocycles. The molecule has 7 heteroatoms. The van der Waals surface area contributed by atoms with E-state index in [0.29, 0.717) is 5.58 Å². The molecule has 2 aromatic heterocycles. The molecule has 2 heterocycles. The van der Waals surface area contributed by atoms with Crippen molar-refractivity contribution in [1.29, 1.82) is 0 Å². The van der Waals surface area contributed by atoms with Crippen LogP contribution in [0.3, 0.4) is 0 Å². The van der Waals surface area contributed by atoms with Gasteiger partial charge in [0.2, 0.25) is 0 Å². The Labute approximate surface area is 184 Å². The Morgan fingerprint density at radius 3 is 2.66 bits per heavy atom. The average Bonchev–Trinajstić information content (AvgIpc) is 3.22. The van der Waals surface area contributed by atoms with Gasteiger partial charge in [0.1, 0.15) is 5.58 Å². The number of carbonyl (C=O) groups is 1. The molecule has 146 valence electrons. The van der Waals surface area contributed by atoms with Crippen LogP contribution in [0.4, 0.5) is 0 Å². The highest BCUT2D eigenvalue weighted by Gasteiger charge is 2.13. The van der Waals surface area contributed by atoms with Crippen LogP contribution in [0.15, 0.2) is 73.1 Å². The molecule has 0 saturated carbocycles. The first-order valence-corrected chi connectivity index (χ1v) is 10.5. The van der Waals surface area contributed by atoms with Crippen LogP contribution in [-0.2, 0) is 0 Å². The number of hydrogen-bond donors (Lipinski definition) is 1. The molecule has 2 aromatic carbocycles. The SMILES string of the molecule is Cc1cc(/C=N/NC(=O)c2cc3cc(Br)ccc3o2)c(C)n1-c1cccc(Br)c1. The predicted octanol–water partition coefficient (Wildman–Crippen LogP) is 6.13. The topological polar surface area (TPSA) is 59.5 Å². The zero-order chi connectivity index (χ0) is 20.5. The van der Waals surface area contributed by atoms with Gasteiger partial charge >= 0.3 is 5.91 Å². The third-order valence-electron chi connectivity index (χ3n) is 4.61. The van der Waals surface area contributed by atoms with Gasteiger partial charge in [0.15, 0.2) is 5.76 Å². The molecule has 0 aliphatic rings. The lowest BCUT2D eigenvalue weighted by Crippen LogP contribution is -2.16. The number of nitrogens with one attached hydrogen (secondary N) is 1. The normalized spacial score (nSPS) is 11.4. The summed E-state index contributed by atoms with van der Waals surface area (Å²) in [6.45, 7) is 4.06. The Morgan fingerprint density at radius 1 is 1.07 bits per heavy atom. The van der Waals surface area contributed by atoms with E-state index in [4.69, 9.17) is 4.42 Å². The van der Waals surface area contributed by atoms with Crippen molar-refractivity contribution < 1.29 is 9.21 Å². The van der Waals surface area contributed by atoms with Gasteiger partial charge < -0.3 is 8.98 Å². The maximum atomic E-state index is 12.4. The number of furan rings is 1. The quantitative estimate of drug-likeness (QED) is 0.263. The van der Waals surface area contributed by atoms with Crippen LogP contribution in [0.25, 0.3) is 16.7 Å². The smallest absolute Gasteiger partial charge is 0.307 e. The molecule has 0 spiro atoms. The lowest BCUT2D eigenvalue weighted by molar-refractivity contribution is 0.0929. The van der Waals surface area contributed by atoms with Crippen molar-refractivity contribution in [1.82, 2.24) is 9.99 Å². The lowest BCUT2D eigenvalue weighted by atomic mass is 10.2. The van der Waals surface area contributed by atoms with Gasteiger partial charge in [0.05, 0.1) is 6.21 Å². The molecule has 0 unspecified atom stereocenters. The number of carbonyl (C=O) groups excluding carboxylic acids is 1. The van der Waals surface area contributed by atoms with E-state index in [2.05, 4.69) is 53.0 Å². The van der Waals surface area contributed by atoms with Crippen molar-refractivity contribution in [3.05, 3.63) is 86.3 Å². The Balaban J connectivity index is 1.53. The van der Waals surface area contributed by atoms with Crippen molar-refractivity contribution in [2.75, 3.05) is 0 Å². The van der Waals surface area contributed by atoms with Crippen molar-refractivity contribution in [3.63, 3.8) is 0 Å². The predicted molar refractivity (Wildman–Crippen MR) is 122 cm³/mol. The molecular formula is C22H17Br2N3O2.